The maximum Gasteiger partial charge on any atom is 0.160 e. The monoisotopic (exact) mass is 460 g/mol. The van der Waals surface area contributed by atoms with Gasteiger partial charge in [0, 0.05) is 33.5 Å². The van der Waals surface area contributed by atoms with E-state index in [4.69, 9.17) is 19.9 Å². The summed E-state index contributed by atoms with van der Waals surface area (Å²) in [7, 11) is 0. The summed E-state index contributed by atoms with van der Waals surface area (Å²) in [6, 6.07) is 39.0. The lowest BCUT2D eigenvalue weighted by Crippen LogP contribution is -1.97. The van der Waals surface area contributed by atoms with Gasteiger partial charge in [0.2, 0.25) is 0 Å². The Morgan fingerprint density at radius 2 is 1.06 bits per heavy atom. The Bertz CT molecular complexity index is 1890. The standard InChI is InChI=1S/C32H20N4/c1-2-10-21(11-3-1)30-26-15-7-9-17-28(26)35-32(36-30)22-18-19-33-29(20-22)31-25-14-5-4-12-23(25)24-13-6-8-16-27(24)34-31/h1-20H. The highest BCUT2D eigenvalue weighted by atomic mass is 14.9. The third kappa shape index (κ3) is 3.39. The van der Waals surface area contributed by atoms with Gasteiger partial charge >= 0.3 is 0 Å². The number of hydrogen-bond donors (Lipinski definition) is 0. The minimum atomic E-state index is 0.668. The molecule has 0 saturated carbocycles. The molecule has 4 nitrogen and oxygen atoms in total. The van der Waals surface area contributed by atoms with E-state index in [9.17, 15) is 0 Å². The van der Waals surface area contributed by atoms with Crippen LogP contribution in [0.3, 0.4) is 0 Å². The van der Waals surface area contributed by atoms with Gasteiger partial charge in [0.25, 0.3) is 0 Å². The van der Waals surface area contributed by atoms with E-state index < -0.39 is 0 Å². The molecule has 4 heteroatoms. The van der Waals surface area contributed by atoms with Crippen molar-refractivity contribution in [2.45, 2.75) is 0 Å². The van der Waals surface area contributed by atoms with Crippen molar-refractivity contribution in [1.29, 1.82) is 0 Å². The number of pyridine rings is 2. The molecule has 0 aliphatic heterocycles. The highest BCUT2D eigenvalue weighted by Crippen LogP contribution is 2.34. The zero-order chi connectivity index (χ0) is 23.9. The second kappa shape index (κ2) is 8.36. The second-order valence-electron chi connectivity index (χ2n) is 8.73. The van der Waals surface area contributed by atoms with Crippen LogP contribution < -0.4 is 0 Å². The average Bonchev–Trinajstić information content (AvgIpc) is 2.96. The Kier molecular flexibility index (Phi) is 4.74. The quantitative estimate of drug-likeness (QED) is 0.253. The van der Waals surface area contributed by atoms with Crippen LogP contribution >= 0.6 is 0 Å². The first-order chi connectivity index (χ1) is 17.8. The number of rotatable bonds is 3. The van der Waals surface area contributed by atoms with Crippen molar-refractivity contribution in [2.75, 3.05) is 0 Å². The molecule has 0 saturated heterocycles. The number of para-hydroxylation sites is 2. The van der Waals surface area contributed by atoms with Gasteiger partial charge in [-0.05, 0) is 29.7 Å². The molecule has 0 atom stereocenters. The van der Waals surface area contributed by atoms with Crippen molar-refractivity contribution < 1.29 is 0 Å². The Morgan fingerprint density at radius 1 is 0.417 bits per heavy atom. The number of aromatic nitrogens is 4. The second-order valence-corrected chi connectivity index (χ2v) is 8.73. The summed E-state index contributed by atoms with van der Waals surface area (Å²) in [5, 5.41) is 4.41. The summed E-state index contributed by atoms with van der Waals surface area (Å²) < 4.78 is 0. The van der Waals surface area contributed by atoms with Gasteiger partial charge in [0.15, 0.2) is 5.82 Å². The molecule has 0 aliphatic rings. The summed E-state index contributed by atoms with van der Waals surface area (Å²) in [4.78, 5) is 19.7. The van der Waals surface area contributed by atoms with E-state index in [1.807, 2.05) is 72.9 Å². The Labute approximate surface area is 208 Å². The van der Waals surface area contributed by atoms with Crippen molar-refractivity contribution in [3.05, 3.63) is 121 Å². The van der Waals surface area contributed by atoms with Gasteiger partial charge in [0.1, 0.15) is 0 Å². The van der Waals surface area contributed by atoms with Crippen molar-refractivity contribution in [2.24, 2.45) is 0 Å². The van der Waals surface area contributed by atoms with Crippen LogP contribution in [0.15, 0.2) is 121 Å². The van der Waals surface area contributed by atoms with E-state index in [1.54, 1.807) is 0 Å². The maximum atomic E-state index is 5.03. The van der Waals surface area contributed by atoms with Crippen LogP contribution in [0.5, 0.6) is 0 Å². The molecule has 7 rings (SSSR count). The van der Waals surface area contributed by atoms with Crippen molar-refractivity contribution in [3.63, 3.8) is 0 Å². The lowest BCUT2D eigenvalue weighted by Gasteiger charge is -2.11. The first kappa shape index (κ1) is 20.4. The van der Waals surface area contributed by atoms with E-state index in [0.717, 1.165) is 55.4 Å². The summed E-state index contributed by atoms with van der Waals surface area (Å²) >= 11 is 0. The minimum Gasteiger partial charge on any atom is -0.255 e. The van der Waals surface area contributed by atoms with E-state index in [2.05, 4.69) is 48.5 Å². The Hall–Kier alpha value is -4.96. The van der Waals surface area contributed by atoms with Crippen molar-refractivity contribution in [3.8, 4) is 34.0 Å². The molecule has 3 heterocycles. The van der Waals surface area contributed by atoms with Crippen LogP contribution in [0, 0.1) is 0 Å². The molecule has 168 valence electrons. The topological polar surface area (TPSA) is 51.6 Å². The first-order valence-electron chi connectivity index (χ1n) is 11.9. The molecule has 3 aromatic heterocycles. The largest absolute Gasteiger partial charge is 0.255 e. The number of benzene rings is 4. The molecular weight excluding hydrogens is 440 g/mol. The molecular formula is C32H20N4. The zero-order valence-electron chi connectivity index (χ0n) is 19.3. The third-order valence-corrected chi connectivity index (χ3v) is 6.52. The molecule has 7 aromatic rings. The number of nitrogens with zero attached hydrogens (tertiary/aromatic N) is 4. The van der Waals surface area contributed by atoms with Gasteiger partial charge in [-0.2, -0.15) is 0 Å². The highest BCUT2D eigenvalue weighted by Gasteiger charge is 2.15. The molecule has 36 heavy (non-hydrogen) atoms. The summed E-state index contributed by atoms with van der Waals surface area (Å²) in [6.07, 6.45) is 1.82. The van der Waals surface area contributed by atoms with E-state index in [-0.39, 0.29) is 0 Å². The average molecular weight is 461 g/mol. The molecule has 0 radical (unpaired) electrons. The molecule has 4 aromatic carbocycles. The normalized spacial score (nSPS) is 11.3. The first-order valence-corrected chi connectivity index (χ1v) is 11.9. The van der Waals surface area contributed by atoms with E-state index >= 15 is 0 Å². The third-order valence-electron chi connectivity index (χ3n) is 6.52. The lowest BCUT2D eigenvalue weighted by atomic mass is 10.0. The van der Waals surface area contributed by atoms with Gasteiger partial charge in [0.05, 0.1) is 28.1 Å². The molecule has 0 amide bonds. The molecule has 0 spiro atoms. The Balaban J connectivity index is 1.45. The van der Waals surface area contributed by atoms with Crippen LogP contribution in [0.1, 0.15) is 0 Å². The van der Waals surface area contributed by atoms with Gasteiger partial charge in [-0.3, -0.25) is 4.98 Å². The molecule has 0 N–H and O–H groups in total. The summed E-state index contributed by atoms with van der Waals surface area (Å²) in [5.41, 5.74) is 6.41. The van der Waals surface area contributed by atoms with Crippen LogP contribution in [0.2, 0.25) is 0 Å². The maximum absolute atomic E-state index is 5.03. The predicted octanol–water partition coefficient (Wildman–Crippen LogP) is 7.73. The fourth-order valence-electron chi connectivity index (χ4n) is 4.82. The van der Waals surface area contributed by atoms with Crippen LogP contribution in [-0.4, -0.2) is 19.9 Å². The predicted molar refractivity (Wildman–Crippen MR) is 146 cm³/mol. The van der Waals surface area contributed by atoms with Gasteiger partial charge in [-0.15, -0.1) is 0 Å². The van der Waals surface area contributed by atoms with Crippen molar-refractivity contribution in [1.82, 2.24) is 19.9 Å². The zero-order valence-corrected chi connectivity index (χ0v) is 19.3. The number of hydrogen-bond acceptors (Lipinski definition) is 4. The summed E-state index contributed by atoms with van der Waals surface area (Å²) in [6.45, 7) is 0. The number of fused-ring (bicyclic) bond motifs is 4. The summed E-state index contributed by atoms with van der Waals surface area (Å²) in [5.74, 6) is 0.668. The van der Waals surface area contributed by atoms with Gasteiger partial charge < -0.3 is 0 Å². The van der Waals surface area contributed by atoms with Crippen molar-refractivity contribution >= 4 is 32.6 Å². The van der Waals surface area contributed by atoms with Gasteiger partial charge in [-0.1, -0.05) is 91.0 Å². The fourth-order valence-corrected chi connectivity index (χ4v) is 4.82. The van der Waals surface area contributed by atoms with Crippen LogP contribution in [0.4, 0.5) is 0 Å². The highest BCUT2D eigenvalue weighted by molar-refractivity contribution is 6.10. The Morgan fingerprint density at radius 3 is 1.86 bits per heavy atom. The van der Waals surface area contributed by atoms with E-state index in [1.165, 1.54) is 5.39 Å². The minimum absolute atomic E-state index is 0.668. The molecule has 0 fully saturated rings. The molecule has 0 aliphatic carbocycles. The SMILES string of the molecule is c1ccc(-c2nc(-c3ccnc(-c4nc5ccccc5c5ccccc45)c3)nc3ccccc23)cc1. The molecule has 0 bridgehead atoms. The lowest BCUT2D eigenvalue weighted by molar-refractivity contribution is 1.21. The van der Waals surface area contributed by atoms with Gasteiger partial charge in [-0.25, -0.2) is 15.0 Å². The fraction of sp³-hybridized carbons (Fsp3) is 0. The van der Waals surface area contributed by atoms with Crippen LogP contribution in [-0.2, 0) is 0 Å². The molecule has 0 unspecified atom stereocenters. The smallest absolute Gasteiger partial charge is 0.160 e. The van der Waals surface area contributed by atoms with Crippen LogP contribution in [0.25, 0.3) is 66.6 Å². The van der Waals surface area contributed by atoms with E-state index in [0.29, 0.717) is 5.82 Å².